The second-order valence-electron chi connectivity index (χ2n) is 3.00. The topological polar surface area (TPSA) is 115 Å². The number of rotatable bonds is 4. The number of aliphatic hydroxyl groups excluding tert-OH is 2. The molecule has 0 bridgehead atoms. The Morgan fingerprint density at radius 3 is 2.67 bits per heavy atom. The first-order chi connectivity index (χ1) is 7.20. The van der Waals surface area contributed by atoms with Crippen molar-refractivity contribution in [3.63, 3.8) is 0 Å². The van der Waals surface area contributed by atoms with Gasteiger partial charge in [0.15, 0.2) is 0 Å². The van der Waals surface area contributed by atoms with Gasteiger partial charge in [0.1, 0.15) is 6.10 Å². The van der Waals surface area contributed by atoms with Crippen LogP contribution in [0.4, 0.5) is 5.69 Å². The normalized spacial score (nSPS) is 14.1. The Hall–Kier alpha value is -1.59. The van der Waals surface area contributed by atoms with Crippen LogP contribution in [0.25, 0.3) is 10.4 Å². The smallest absolute Gasteiger partial charge is 0.107 e. The molecule has 0 aliphatic heterocycles. The highest BCUT2D eigenvalue weighted by Gasteiger charge is 2.18. The van der Waals surface area contributed by atoms with Gasteiger partial charge in [-0.3, -0.25) is 0 Å². The average Bonchev–Trinajstić information content (AvgIpc) is 2.28. The van der Waals surface area contributed by atoms with Crippen molar-refractivity contribution >= 4 is 5.69 Å². The molecule has 0 aliphatic carbocycles. The number of hydrogen-bond acceptors (Lipinski definition) is 4. The third kappa shape index (κ3) is 2.68. The molecule has 6 nitrogen and oxygen atoms in total. The van der Waals surface area contributed by atoms with Crippen molar-refractivity contribution < 1.29 is 10.2 Å². The minimum Gasteiger partial charge on any atom is -0.389 e. The van der Waals surface area contributed by atoms with Gasteiger partial charge in [-0.15, -0.1) is 0 Å². The molecule has 1 aromatic carbocycles. The Labute approximate surface area is 86.6 Å². The van der Waals surface area contributed by atoms with Crippen molar-refractivity contribution in [1.82, 2.24) is 0 Å². The lowest BCUT2D eigenvalue weighted by molar-refractivity contribution is 0.0247. The van der Waals surface area contributed by atoms with Crippen LogP contribution < -0.4 is 5.73 Å². The first-order valence-corrected chi connectivity index (χ1v) is 4.41. The van der Waals surface area contributed by atoms with Crippen LogP contribution >= 0.6 is 0 Å². The van der Waals surface area contributed by atoms with E-state index < -0.39 is 12.2 Å². The van der Waals surface area contributed by atoms with Crippen molar-refractivity contribution in [2.45, 2.75) is 12.2 Å². The van der Waals surface area contributed by atoms with E-state index in [1.54, 1.807) is 24.3 Å². The maximum absolute atomic E-state index is 9.68. The maximum Gasteiger partial charge on any atom is 0.107 e. The molecular formula is C9H12N4O2. The third-order valence-corrected chi connectivity index (χ3v) is 2.01. The SMILES string of the molecule is [N-]=[N+]=Nc1ccccc1C(O)C(O)CN. The summed E-state index contributed by atoms with van der Waals surface area (Å²) in [4.78, 5) is 2.64. The summed E-state index contributed by atoms with van der Waals surface area (Å²) in [6.45, 7) is -0.0637. The molecule has 4 N–H and O–H groups in total. The van der Waals surface area contributed by atoms with Gasteiger partial charge in [0.25, 0.3) is 0 Å². The van der Waals surface area contributed by atoms with Crippen LogP contribution in [0.3, 0.4) is 0 Å². The fourth-order valence-electron chi connectivity index (χ4n) is 1.21. The van der Waals surface area contributed by atoms with Crippen molar-refractivity contribution in [2.24, 2.45) is 10.8 Å². The monoisotopic (exact) mass is 208 g/mol. The van der Waals surface area contributed by atoms with E-state index in [1.807, 2.05) is 0 Å². The lowest BCUT2D eigenvalue weighted by atomic mass is 10.0. The zero-order chi connectivity index (χ0) is 11.3. The summed E-state index contributed by atoms with van der Waals surface area (Å²) in [5.41, 5.74) is 14.2. The molecule has 0 radical (unpaired) electrons. The predicted molar refractivity (Wildman–Crippen MR) is 55.3 cm³/mol. The van der Waals surface area contributed by atoms with E-state index in [9.17, 15) is 10.2 Å². The minimum atomic E-state index is -1.14. The van der Waals surface area contributed by atoms with Gasteiger partial charge in [0, 0.05) is 17.1 Å². The lowest BCUT2D eigenvalue weighted by Crippen LogP contribution is -2.27. The lowest BCUT2D eigenvalue weighted by Gasteiger charge is -2.17. The van der Waals surface area contributed by atoms with Crippen molar-refractivity contribution in [3.05, 3.63) is 40.3 Å². The first-order valence-electron chi connectivity index (χ1n) is 4.41. The van der Waals surface area contributed by atoms with Gasteiger partial charge in [-0.05, 0) is 11.1 Å². The maximum atomic E-state index is 9.68. The van der Waals surface area contributed by atoms with Crippen LogP contribution in [0, 0.1) is 0 Å². The average molecular weight is 208 g/mol. The van der Waals surface area contributed by atoms with E-state index in [1.165, 1.54) is 0 Å². The minimum absolute atomic E-state index is 0.0637. The van der Waals surface area contributed by atoms with E-state index in [4.69, 9.17) is 11.3 Å². The van der Waals surface area contributed by atoms with Gasteiger partial charge in [-0.25, -0.2) is 0 Å². The predicted octanol–water partition coefficient (Wildman–Crippen LogP) is 0.981. The standard InChI is InChI=1S/C9H12N4O2/c10-5-8(14)9(15)6-3-1-2-4-7(6)12-13-11/h1-4,8-9,14-15H,5,10H2. The Morgan fingerprint density at radius 2 is 2.07 bits per heavy atom. The van der Waals surface area contributed by atoms with E-state index in [2.05, 4.69) is 10.0 Å². The number of hydrogen-bond donors (Lipinski definition) is 3. The van der Waals surface area contributed by atoms with Crippen LogP contribution in [0.15, 0.2) is 29.4 Å². The van der Waals surface area contributed by atoms with Crippen LogP contribution in [-0.2, 0) is 0 Å². The fraction of sp³-hybridized carbons (Fsp3) is 0.333. The molecule has 80 valence electrons. The molecule has 1 aromatic rings. The van der Waals surface area contributed by atoms with Gasteiger partial charge in [0.05, 0.1) is 6.10 Å². The molecule has 2 atom stereocenters. The second-order valence-corrected chi connectivity index (χ2v) is 3.00. The molecule has 0 aromatic heterocycles. The Bertz CT molecular complexity index is 376. The summed E-state index contributed by atoms with van der Waals surface area (Å²) in [6.07, 6.45) is -2.21. The molecule has 0 heterocycles. The number of nitrogens with zero attached hydrogens (tertiary/aromatic N) is 3. The Morgan fingerprint density at radius 1 is 1.40 bits per heavy atom. The number of azide groups is 1. The molecule has 0 amide bonds. The van der Waals surface area contributed by atoms with E-state index >= 15 is 0 Å². The summed E-state index contributed by atoms with van der Waals surface area (Å²) < 4.78 is 0. The summed E-state index contributed by atoms with van der Waals surface area (Å²) in [7, 11) is 0. The largest absolute Gasteiger partial charge is 0.389 e. The molecule has 2 unspecified atom stereocenters. The molecule has 6 heteroatoms. The number of nitrogens with two attached hydrogens (primary N) is 1. The highest BCUT2D eigenvalue weighted by Crippen LogP contribution is 2.27. The number of aliphatic hydroxyl groups is 2. The van der Waals surface area contributed by atoms with Crippen LogP contribution in [-0.4, -0.2) is 22.9 Å². The summed E-state index contributed by atoms with van der Waals surface area (Å²) >= 11 is 0. The Kier molecular flexibility index (Phi) is 4.08. The zero-order valence-corrected chi connectivity index (χ0v) is 7.98. The quantitative estimate of drug-likeness (QED) is 0.389. The highest BCUT2D eigenvalue weighted by atomic mass is 16.3. The van der Waals surface area contributed by atoms with Crippen molar-refractivity contribution in [2.75, 3.05) is 6.54 Å². The molecule has 0 saturated heterocycles. The first kappa shape index (κ1) is 11.5. The highest BCUT2D eigenvalue weighted by molar-refractivity contribution is 5.47. The Balaban J connectivity index is 3.07. The van der Waals surface area contributed by atoms with Gasteiger partial charge in [0.2, 0.25) is 0 Å². The molecule has 0 aliphatic rings. The van der Waals surface area contributed by atoms with Crippen molar-refractivity contribution in [3.8, 4) is 0 Å². The summed E-state index contributed by atoms with van der Waals surface area (Å²) in [5, 5.41) is 22.5. The molecule has 0 saturated carbocycles. The second kappa shape index (κ2) is 5.33. The van der Waals surface area contributed by atoms with Crippen LogP contribution in [0.2, 0.25) is 0 Å². The fourth-order valence-corrected chi connectivity index (χ4v) is 1.21. The summed E-state index contributed by atoms with van der Waals surface area (Å²) in [6, 6.07) is 6.49. The van der Waals surface area contributed by atoms with Crippen molar-refractivity contribution in [1.29, 1.82) is 0 Å². The van der Waals surface area contributed by atoms with Gasteiger partial charge < -0.3 is 15.9 Å². The van der Waals surface area contributed by atoms with Gasteiger partial charge in [-0.2, -0.15) is 0 Å². The third-order valence-electron chi connectivity index (χ3n) is 2.01. The molecule has 0 spiro atoms. The van der Waals surface area contributed by atoms with Crippen LogP contribution in [0.1, 0.15) is 11.7 Å². The van der Waals surface area contributed by atoms with E-state index in [-0.39, 0.29) is 6.54 Å². The number of benzene rings is 1. The van der Waals surface area contributed by atoms with Crippen LogP contribution in [0.5, 0.6) is 0 Å². The van der Waals surface area contributed by atoms with E-state index in [0.29, 0.717) is 11.3 Å². The van der Waals surface area contributed by atoms with Gasteiger partial charge >= 0.3 is 0 Å². The molecule has 15 heavy (non-hydrogen) atoms. The zero-order valence-electron chi connectivity index (χ0n) is 7.98. The molecule has 1 rings (SSSR count). The summed E-state index contributed by atoms with van der Waals surface area (Å²) in [5.74, 6) is 0. The molecule has 0 fully saturated rings. The van der Waals surface area contributed by atoms with E-state index in [0.717, 1.165) is 0 Å². The molecular weight excluding hydrogens is 196 g/mol. The van der Waals surface area contributed by atoms with Gasteiger partial charge in [-0.1, -0.05) is 29.4 Å².